The SMILES string of the molecule is CCC1C(=O)N2C=C(/C=C3\C=C(C(CC4C5(CO5)C(NC(C)C(=O)CC5=NCC=N5)CC5[C@]4(C)CC[C@@H](O)[C@@]5(C)CO)NC(C)C(=O)CC4=NCC=N4)C(=O)O3)C=CC2N1C.O=C=O. The molecule has 6 aliphatic heterocycles. The van der Waals surface area contributed by atoms with Crippen molar-refractivity contribution in [3.8, 4) is 0 Å². The second kappa shape index (κ2) is 18.9. The third kappa shape index (κ3) is 8.89. The number of nitrogens with zero attached hydrogens (tertiary/aromatic N) is 6. The molecule has 0 aromatic rings. The fraction of sp³-hybridized carbons (Fsp3) is 0.630. The Bertz CT molecular complexity index is 2180. The molecule has 4 fully saturated rings. The van der Waals surface area contributed by atoms with Gasteiger partial charge in [-0.2, -0.15) is 9.59 Å². The largest absolute Gasteiger partial charge is 0.423 e. The average Bonchev–Trinajstić information content (AvgIpc) is 3.63. The number of fused-ring (bicyclic) bond motifs is 2. The van der Waals surface area contributed by atoms with Crippen LogP contribution in [0.4, 0.5) is 0 Å². The van der Waals surface area contributed by atoms with Gasteiger partial charge in [0.1, 0.15) is 29.2 Å². The highest BCUT2D eigenvalue weighted by molar-refractivity contribution is 6.08. The maximum absolute atomic E-state index is 14.1. The number of aliphatic hydroxyl groups excluding tert-OH is 2. The zero-order valence-electron chi connectivity index (χ0n) is 37.4. The smallest absolute Gasteiger partial charge is 0.373 e. The fourth-order valence-corrected chi connectivity index (χ4v) is 11.4. The summed E-state index contributed by atoms with van der Waals surface area (Å²) in [6, 6.07) is -2.54. The van der Waals surface area contributed by atoms with E-state index >= 15 is 0 Å². The Labute approximate surface area is 372 Å². The third-order valence-corrected chi connectivity index (χ3v) is 15.1. The van der Waals surface area contributed by atoms with Crippen LogP contribution in [0.25, 0.3) is 0 Å². The Morgan fingerprint density at radius 1 is 1.06 bits per heavy atom. The van der Waals surface area contributed by atoms with E-state index in [1.54, 1.807) is 42.6 Å². The molecule has 18 nitrogen and oxygen atoms in total. The van der Waals surface area contributed by atoms with Gasteiger partial charge in [0.25, 0.3) is 0 Å². The topological polar surface area (TPSA) is 245 Å². The van der Waals surface area contributed by atoms with Crippen molar-refractivity contribution in [1.29, 1.82) is 0 Å². The first-order valence-electron chi connectivity index (χ1n) is 22.2. The van der Waals surface area contributed by atoms with Gasteiger partial charge in [-0.3, -0.25) is 34.2 Å². The predicted molar refractivity (Wildman–Crippen MR) is 234 cm³/mol. The molecule has 0 bridgehead atoms. The number of nitrogens with one attached hydrogen (secondary N) is 2. The lowest BCUT2D eigenvalue weighted by atomic mass is 9.43. The second-order valence-corrected chi connectivity index (χ2v) is 18.7. The molecule has 9 unspecified atom stereocenters. The molecule has 12 atom stereocenters. The van der Waals surface area contributed by atoms with Gasteiger partial charge in [-0.1, -0.05) is 26.8 Å². The summed E-state index contributed by atoms with van der Waals surface area (Å²) in [6.07, 6.45) is 14.6. The molecular formula is C46H60N8O10. The summed E-state index contributed by atoms with van der Waals surface area (Å²) in [7, 11) is 1.94. The zero-order valence-corrected chi connectivity index (χ0v) is 37.4. The highest BCUT2D eigenvalue weighted by Gasteiger charge is 2.71. The van der Waals surface area contributed by atoms with Crippen molar-refractivity contribution >= 4 is 53.7 Å². The number of amides is 1. The van der Waals surface area contributed by atoms with Crippen molar-refractivity contribution < 1.29 is 48.5 Å². The number of likely N-dealkylation sites (N-methyl/N-ethyl adjacent to an activating group) is 1. The van der Waals surface area contributed by atoms with Crippen LogP contribution in [-0.4, -0.2) is 155 Å². The van der Waals surface area contributed by atoms with Gasteiger partial charge in [-0.25, -0.2) is 14.8 Å². The molecular weight excluding hydrogens is 825 g/mol. The van der Waals surface area contributed by atoms with Crippen LogP contribution in [0.15, 0.2) is 67.4 Å². The quantitative estimate of drug-likeness (QED) is 0.127. The van der Waals surface area contributed by atoms with Crippen molar-refractivity contribution in [3.05, 3.63) is 47.4 Å². The first kappa shape index (κ1) is 47.0. The Hall–Kier alpha value is -4.94. The number of allylic oxidation sites excluding steroid dienone is 4. The number of esters is 1. The third-order valence-electron chi connectivity index (χ3n) is 15.1. The second-order valence-electron chi connectivity index (χ2n) is 18.7. The number of carbonyl (C=O) groups is 4. The highest BCUT2D eigenvalue weighted by atomic mass is 16.6. The number of hydrogen-bond acceptors (Lipinski definition) is 17. The molecule has 344 valence electrons. The van der Waals surface area contributed by atoms with E-state index < -0.39 is 46.6 Å². The maximum Gasteiger partial charge on any atom is 0.373 e. The van der Waals surface area contributed by atoms with Gasteiger partial charge >= 0.3 is 12.1 Å². The van der Waals surface area contributed by atoms with Crippen molar-refractivity contribution in [2.45, 2.75) is 128 Å². The van der Waals surface area contributed by atoms with E-state index in [0.29, 0.717) is 80.4 Å². The lowest BCUT2D eigenvalue weighted by Crippen LogP contribution is -2.68. The Balaban J connectivity index is 0.00000199. The number of Topliss-reactive ketones (excluding diaryl/α,β-unsaturated/α-hetero) is 2. The number of rotatable bonds is 16. The number of epoxide rings is 1. The summed E-state index contributed by atoms with van der Waals surface area (Å²) in [4.78, 5) is 91.7. The molecule has 64 heavy (non-hydrogen) atoms. The summed E-state index contributed by atoms with van der Waals surface area (Å²) in [6.45, 7) is 10.8. The molecule has 4 N–H and O–H groups in total. The van der Waals surface area contributed by atoms with E-state index in [2.05, 4.69) is 37.5 Å². The minimum atomic E-state index is -0.860. The lowest BCUT2D eigenvalue weighted by Gasteiger charge is -2.63. The van der Waals surface area contributed by atoms with Crippen molar-refractivity contribution in [2.24, 2.45) is 42.6 Å². The van der Waals surface area contributed by atoms with E-state index in [1.165, 1.54) is 0 Å². The predicted octanol–water partition coefficient (Wildman–Crippen LogP) is 1.63. The molecule has 0 aromatic carbocycles. The molecule has 18 heteroatoms. The minimum Gasteiger partial charge on any atom is -0.423 e. The first-order valence-corrected chi connectivity index (χ1v) is 22.2. The molecule has 2 saturated carbocycles. The summed E-state index contributed by atoms with van der Waals surface area (Å²) in [5.41, 5.74) is -1.06. The number of hydrogen-bond donors (Lipinski definition) is 4. The van der Waals surface area contributed by atoms with Gasteiger partial charge in [-0.15, -0.1) is 0 Å². The van der Waals surface area contributed by atoms with Crippen LogP contribution in [0, 0.1) is 22.7 Å². The molecule has 2 aliphatic carbocycles. The van der Waals surface area contributed by atoms with Gasteiger partial charge in [0, 0.05) is 36.1 Å². The Morgan fingerprint density at radius 2 is 1.70 bits per heavy atom. The zero-order chi connectivity index (χ0) is 46.1. The van der Waals surface area contributed by atoms with E-state index in [-0.39, 0.29) is 73.2 Å². The molecule has 8 rings (SSSR count). The number of amidine groups is 2. The van der Waals surface area contributed by atoms with Gasteiger partial charge in [0.05, 0.1) is 68.9 Å². The number of cyclic esters (lactones) is 1. The number of aliphatic imine (C=N–C) groups is 4. The van der Waals surface area contributed by atoms with Crippen LogP contribution in [0.5, 0.6) is 0 Å². The number of carbonyl (C=O) groups excluding carboxylic acids is 6. The fourth-order valence-electron chi connectivity index (χ4n) is 11.4. The molecule has 1 amide bonds. The van der Waals surface area contributed by atoms with Crippen LogP contribution in [0.2, 0.25) is 0 Å². The number of aliphatic hydroxyl groups is 2. The van der Waals surface area contributed by atoms with Crippen molar-refractivity contribution in [2.75, 3.05) is 33.4 Å². The van der Waals surface area contributed by atoms with Crippen molar-refractivity contribution in [3.63, 3.8) is 0 Å². The summed E-state index contributed by atoms with van der Waals surface area (Å²) < 4.78 is 12.5. The standard InChI is InChI=1S/C45H60N8O8.CO2/c1-7-31-41(58)53-22-27(8-9-40(53)52(31)6)16-28-17-29(42(59)61-28)30(50-25(2)32(55)19-38-46-12-13-47-38)18-35-43(4)11-10-37(57)44(5,23-54)34(43)21-36(45(35)24-60-45)51-26(3)33(56)20-39-48-14-15-49-39;2-1-3/h8-9,12,14,16-17,22,25-26,30-31,34-37,40,50-51,54,57H,7,10-11,13,15,18-21,23-24H2,1-6H3;/b28-16+;/t25?,26?,30?,31?,34?,35?,36?,37-,40?,43+,44+,45?;/m1./s1. The molecule has 8 aliphatic rings. The van der Waals surface area contributed by atoms with Gasteiger partial charge in [0.2, 0.25) is 5.91 Å². The van der Waals surface area contributed by atoms with Crippen LogP contribution in [-0.2, 0) is 38.2 Å². The Kier molecular flexibility index (Phi) is 13.9. The van der Waals surface area contributed by atoms with Crippen molar-refractivity contribution in [1.82, 2.24) is 20.4 Å². The summed E-state index contributed by atoms with van der Waals surface area (Å²) >= 11 is 0. The molecule has 0 aromatic heterocycles. The van der Waals surface area contributed by atoms with Gasteiger partial charge in [-0.05, 0) is 94.1 Å². The highest BCUT2D eigenvalue weighted by Crippen LogP contribution is 2.66. The first-order chi connectivity index (χ1) is 30.5. The summed E-state index contributed by atoms with van der Waals surface area (Å²) in [5, 5.41) is 29.7. The Morgan fingerprint density at radius 3 is 2.28 bits per heavy atom. The van der Waals surface area contributed by atoms with Crippen LogP contribution >= 0.6 is 0 Å². The van der Waals surface area contributed by atoms with E-state index in [1.807, 2.05) is 44.9 Å². The molecule has 6 heterocycles. The summed E-state index contributed by atoms with van der Waals surface area (Å²) in [5.74, 6) is 0.0741. The molecule has 2 saturated heterocycles. The number of ketones is 2. The van der Waals surface area contributed by atoms with E-state index in [0.717, 1.165) is 0 Å². The van der Waals surface area contributed by atoms with Crippen LogP contribution in [0.3, 0.4) is 0 Å². The minimum absolute atomic E-state index is 0.0130. The lowest BCUT2D eigenvalue weighted by molar-refractivity contribution is -0.191. The van der Waals surface area contributed by atoms with Gasteiger partial charge in [0.15, 0.2) is 11.6 Å². The van der Waals surface area contributed by atoms with Crippen LogP contribution in [0.1, 0.15) is 79.6 Å². The monoisotopic (exact) mass is 884 g/mol. The van der Waals surface area contributed by atoms with Gasteiger partial charge < -0.3 is 30.3 Å². The maximum atomic E-state index is 14.1. The average molecular weight is 885 g/mol. The normalized spacial score (nSPS) is 35.7. The van der Waals surface area contributed by atoms with E-state index in [4.69, 9.17) is 19.1 Å². The molecule has 1 spiro atoms. The van der Waals surface area contributed by atoms with E-state index in [9.17, 15) is 29.4 Å². The number of ether oxygens (including phenoxy) is 2. The molecule has 0 radical (unpaired) electrons. The van der Waals surface area contributed by atoms with Crippen LogP contribution < -0.4 is 10.6 Å².